The molecule has 0 bridgehead atoms. The fourth-order valence-corrected chi connectivity index (χ4v) is 3.89. The van der Waals surface area contributed by atoms with E-state index in [1.165, 1.54) is 28.6 Å². The predicted octanol–water partition coefficient (Wildman–Crippen LogP) is 4.05. The van der Waals surface area contributed by atoms with E-state index >= 15 is 0 Å². The lowest BCUT2D eigenvalue weighted by Gasteiger charge is -2.31. The Morgan fingerprint density at radius 3 is 2.94 bits per heavy atom. The van der Waals surface area contributed by atoms with Gasteiger partial charge in [-0.1, -0.05) is 26.2 Å². The highest BCUT2D eigenvalue weighted by atomic mass is 127. The Hall–Kier alpha value is -0.100. The SMILES string of the molecule is CCC1CCCCC1NC(=O)c1csc(I)c1. The number of halogens is 1. The van der Waals surface area contributed by atoms with Gasteiger partial charge < -0.3 is 5.32 Å². The van der Waals surface area contributed by atoms with Gasteiger partial charge in [0.2, 0.25) is 0 Å². The summed E-state index contributed by atoms with van der Waals surface area (Å²) in [6.45, 7) is 2.22. The molecule has 0 aliphatic heterocycles. The Balaban J connectivity index is 1.97. The van der Waals surface area contributed by atoms with Gasteiger partial charge in [0.25, 0.3) is 5.91 Å². The van der Waals surface area contributed by atoms with Crippen molar-refractivity contribution < 1.29 is 4.79 Å². The first-order chi connectivity index (χ1) is 8.20. The van der Waals surface area contributed by atoms with Crippen LogP contribution in [0.15, 0.2) is 11.4 Å². The van der Waals surface area contributed by atoms with Crippen LogP contribution in [0.2, 0.25) is 0 Å². The van der Waals surface area contributed by atoms with Crippen molar-refractivity contribution in [1.29, 1.82) is 0 Å². The maximum Gasteiger partial charge on any atom is 0.252 e. The summed E-state index contributed by atoms with van der Waals surface area (Å²) in [5.41, 5.74) is 0.819. The van der Waals surface area contributed by atoms with Crippen molar-refractivity contribution in [3.05, 3.63) is 19.9 Å². The average molecular weight is 363 g/mol. The largest absolute Gasteiger partial charge is 0.349 e. The second kappa shape index (κ2) is 6.18. The predicted molar refractivity (Wildman–Crippen MR) is 80.5 cm³/mol. The first-order valence-electron chi connectivity index (χ1n) is 6.25. The van der Waals surface area contributed by atoms with Crippen LogP contribution < -0.4 is 5.32 Å². The molecule has 17 heavy (non-hydrogen) atoms. The number of hydrogen-bond donors (Lipinski definition) is 1. The minimum atomic E-state index is 0.106. The summed E-state index contributed by atoms with van der Waals surface area (Å²) in [6.07, 6.45) is 6.16. The van der Waals surface area contributed by atoms with Gasteiger partial charge in [-0.2, -0.15) is 0 Å². The number of carbonyl (C=O) groups is 1. The second-order valence-corrected chi connectivity index (χ2v) is 7.48. The first-order valence-corrected chi connectivity index (χ1v) is 8.21. The van der Waals surface area contributed by atoms with Crippen molar-refractivity contribution in [2.75, 3.05) is 0 Å². The zero-order valence-electron chi connectivity index (χ0n) is 10.0. The molecule has 1 saturated carbocycles. The summed E-state index contributed by atoms with van der Waals surface area (Å²) in [7, 11) is 0. The molecule has 0 spiro atoms. The molecule has 0 aromatic carbocycles. The van der Waals surface area contributed by atoms with Crippen LogP contribution in [-0.2, 0) is 0 Å². The van der Waals surface area contributed by atoms with Gasteiger partial charge in [0, 0.05) is 11.4 Å². The van der Waals surface area contributed by atoms with Gasteiger partial charge in [0.1, 0.15) is 0 Å². The molecule has 1 aliphatic rings. The van der Waals surface area contributed by atoms with Crippen LogP contribution in [0.1, 0.15) is 49.4 Å². The molecule has 2 rings (SSSR count). The number of amides is 1. The van der Waals surface area contributed by atoms with E-state index in [9.17, 15) is 4.79 Å². The fourth-order valence-electron chi connectivity index (χ4n) is 2.57. The minimum absolute atomic E-state index is 0.106. The molecule has 1 aromatic heterocycles. The van der Waals surface area contributed by atoms with Gasteiger partial charge >= 0.3 is 0 Å². The highest BCUT2D eigenvalue weighted by Crippen LogP contribution is 2.27. The Morgan fingerprint density at radius 1 is 1.53 bits per heavy atom. The van der Waals surface area contributed by atoms with Crippen LogP contribution in [0.4, 0.5) is 0 Å². The van der Waals surface area contributed by atoms with E-state index in [0.717, 1.165) is 12.0 Å². The molecule has 1 N–H and O–H groups in total. The summed E-state index contributed by atoms with van der Waals surface area (Å²) in [5, 5.41) is 5.16. The van der Waals surface area contributed by atoms with Crippen LogP contribution in [0, 0.1) is 8.80 Å². The van der Waals surface area contributed by atoms with E-state index in [1.807, 2.05) is 11.4 Å². The normalized spacial score (nSPS) is 24.6. The molecule has 1 heterocycles. The summed E-state index contributed by atoms with van der Waals surface area (Å²) >= 11 is 3.88. The molecular weight excluding hydrogens is 345 g/mol. The number of rotatable bonds is 3. The van der Waals surface area contributed by atoms with Crippen molar-refractivity contribution in [1.82, 2.24) is 5.32 Å². The Kier molecular flexibility index (Phi) is 4.85. The van der Waals surface area contributed by atoms with Crippen molar-refractivity contribution in [3.8, 4) is 0 Å². The van der Waals surface area contributed by atoms with E-state index in [-0.39, 0.29) is 5.91 Å². The number of carbonyl (C=O) groups excluding carboxylic acids is 1. The third-order valence-electron chi connectivity index (χ3n) is 3.58. The smallest absolute Gasteiger partial charge is 0.252 e. The molecule has 1 amide bonds. The Bertz CT molecular complexity index is 391. The maximum absolute atomic E-state index is 12.1. The van der Waals surface area contributed by atoms with Crippen LogP contribution in [0.5, 0.6) is 0 Å². The molecule has 0 radical (unpaired) electrons. The number of hydrogen-bond acceptors (Lipinski definition) is 2. The maximum atomic E-state index is 12.1. The van der Waals surface area contributed by atoms with Crippen LogP contribution in [0.25, 0.3) is 0 Å². The van der Waals surface area contributed by atoms with Crippen LogP contribution in [0.3, 0.4) is 0 Å². The second-order valence-electron chi connectivity index (χ2n) is 4.67. The summed E-state index contributed by atoms with van der Waals surface area (Å²) < 4.78 is 1.17. The van der Waals surface area contributed by atoms with E-state index in [0.29, 0.717) is 12.0 Å². The monoisotopic (exact) mass is 363 g/mol. The molecule has 0 saturated heterocycles. The highest BCUT2D eigenvalue weighted by Gasteiger charge is 2.25. The molecule has 1 fully saturated rings. The molecule has 2 atom stereocenters. The third kappa shape index (κ3) is 3.44. The zero-order valence-corrected chi connectivity index (χ0v) is 13.0. The van der Waals surface area contributed by atoms with Gasteiger partial charge in [-0.05, 0) is 47.4 Å². The highest BCUT2D eigenvalue weighted by molar-refractivity contribution is 14.1. The molecule has 1 aromatic rings. The lowest BCUT2D eigenvalue weighted by molar-refractivity contribution is 0.0905. The van der Waals surface area contributed by atoms with E-state index in [4.69, 9.17) is 0 Å². The zero-order chi connectivity index (χ0) is 12.3. The summed E-state index contributed by atoms with van der Waals surface area (Å²) in [4.78, 5) is 12.1. The quantitative estimate of drug-likeness (QED) is 0.807. The Morgan fingerprint density at radius 2 is 2.29 bits per heavy atom. The van der Waals surface area contributed by atoms with E-state index < -0.39 is 0 Å². The van der Waals surface area contributed by atoms with Crippen molar-refractivity contribution in [2.45, 2.75) is 45.1 Å². The molecule has 2 nitrogen and oxygen atoms in total. The molecule has 2 unspecified atom stereocenters. The molecule has 4 heteroatoms. The van der Waals surface area contributed by atoms with Crippen LogP contribution in [-0.4, -0.2) is 11.9 Å². The van der Waals surface area contributed by atoms with Gasteiger partial charge in [-0.15, -0.1) is 11.3 Å². The van der Waals surface area contributed by atoms with E-state index in [1.54, 1.807) is 11.3 Å². The Labute approximate surface area is 120 Å². The summed E-state index contributed by atoms with van der Waals surface area (Å²) in [6, 6.07) is 2.35. The van der Waals surface area contributed by atoms with E-state index in [2.05, 4.69) is 34.8 Å². The molecule has 1 aliphatic carbocycles. The topological polar surface area (TPSA) is 29.1 Å². The summed E-state index contributed by atoms with van der Waals surface area (Å²) in [5.74, 6) is 0.778. The fraction of sp³-hybridized carbons (Fsp3) is 0.615. The van der Waals surface area contributed by atoms with Gasteiger partial charge in [0.15, 0.2) is 0 Å². The van der Waals surface area contributed by atoms with Gasteiger partial charge in [-0.25, -0.2) is 0 Å². The van der Waals surface area contributed by atoms with Crippen molar-refractivity contribution >= 4 is 39.8 Å². The lowest BCUT2D eigenvalue weighted by atomic mass is 9.83. The first kappa shape index (κ1) is 13.3. The molecular formula is C13H18INOS. The number of nitrogens with one attached hydrogen (secondary N) is 1. The van der Waals surface area contributed by atoms with Crippen LogP contribution >= 0.6 is 33.9 Å². The number of thiophene rings is 1. The standard InChI is InChI=1S/C13H18INOS/c1-2-9-5-3-4-6-11(9)15-13(16)10-7-12(14)17-8-10/h7-9,11H,2-6H2,1H3,(H,15,16). The lowest BCUT2D eigenvalue weighted by Crippen LogP contribution is -2.41. The third-order valence-corrected chi connectivity index (χ3v) is 5.37. The van der Waals surface area contributed by atoms with Crippen molar-refractivity contribution in [3.63, 3.8) is 0 Å². The average Bonchev–Trinajstić information content (AvgIpc) is 2.77. The van der Waals surface area contributed by atoms with Gasteiger partial charge in [0.05, 0.1) is 8.45 Å². The van der Waals surface area contributed by atoms with Gasteiger partial charge in [-0.3, -0.25) is 4.79 Å². The van der Waals surface area contributed by atoms with Crippen molar-refractivity contribution in [2.24, 2.45) is 5.92 Å². The minimum Gasteiger partial charge on any atom is -0.349 e. The molecule has 94 valence electrons.